The second kappa shape index (κ2) is 7.99. The molecule has 1 heterocycles. The third kappa shape index (κ3) is 5.27. The number of hydrogen-bond acceptors (Lipinski definition) is 6. The zero-order valence-corrected chi connectivity index (χ0v) is 14.1. The number of amides is 2. The molecule has 0 bridgehead atoms. The average molecular weight is 355 g/mol. The Bertz CT molecular complexity index is 746. The van der Waals surface area contributed by atoms with Crippen LogP contribution in [0.15, 0.2) is 35.2 Å². The van der Waals surface area contributed by atoms with Crippen molar-refractivity contribution in [3.05, 3.63) is 35.3 Å². The second-order valence-corrected chi connectivity index (χ2v) is 7.35. The number of aromatic nitrogens is 2. The molecule has 23 heavy (non-hydrogen) atoms. The van der Waals surface area contributed by atoms with Gasteiger partial charge in [-0.15, -0.1) is 10.2 Å². The van der Waals surface area contributed by atoms with Gasteiger partial charge >= 0.3 is 6.03 Å². The first kappa shape index (κ1) is 17.3. The third-order valence-corrected chi connectivity index (χ3v) is 5.03. The molecule has 0 saturated heterocycles. The van der Waals surface area contributed by atoms with Gasteiger partial charge in [-0.05, 0) is 18.6 Å². The maximum Gasteiger partial charge on any atom is 0.322 e. The first-order chi connectivity index (χ1) is 11.0. The number of nitrogens with zero attached hydrogens (tertiary/aromatic N) is 2. The van der Waals surface area contributed by atoms with Crippen molar-refractivity contribution in [1.82, 2.24) is 20.2 Å². The summed E-state index contributed by atoms with van der Waals surface area (Å²) in [6.45, 7) is 1.80. The molecule has 3 N–H and O–H groups in total. The number of anilines is 1. The molecule has 0 unspecified atom stereocenters. The van der Waals surface area contributed by atoms with E-state index < -0.39 is 16.1 Å². The van der Waals surface area contributed by atoms with Crippen LogP contribution in [0.4, 0.5) is 9.93 Å². The quantitative estimate of drug-likeness (QED) is 0.652. The van der Waals surface area contributed by atoms with Crippen LogP contribution in [-0.4, -0.2) is 31.3 Å². The van der Waals surface area contributed by atoms with Crippen LogP contribution in [0.1, 0.15) is 18.4 Å². The molecule has 8 nitrogen and oxygen atoms in total. The van der Waals surface area contributed by atoms with Crippen LogP contribution in [-0.2, 0) is 16.4 Å². The first-order valence-electron chi connectivity index (χ1n) is 6.93. The topological polar surface area (TPSA) is 113 Å². The van der Waals surface area contributed by atoms with E-state index in [1.54, 1.807) is 18.2 Å². The SMILES string of the molecule is CCCc1nnc(NC(=O)NCNS(=O)(=O)c2ccccc2)s1. The zero-order valence-electron chi connectivity index (χ0n) is 12.4. The predicted octanol–water partition coefficient (Wildman–Crippen LogP) is 1.55. The van der Waals surface area contributed by atoms with Gasteiger partial charge in [-0.3, -0.25) is 5.32 Å². The maximum atomic E-state index is 11.9. The lowest BCUT2D eigenvalue weighted by Gasteiger charge is -2.08. The van der Waals surface area contributed by atoms with Gasteiger partial charge in [0.2, 0.25) is 15.2 Å². The highest BCUT2D eigenvalue weighted by Crippen LogP contribution is 2.16. The molecule has 1 aromatic heterocycles. The molecule has 0 aliphatic rings. The van der Waals surface area contributed by atoms with Gasteiger partial charge in [0.25, 0.3) is 0 Å². The van der Waals surface area contributed by atoms with Gasteiger partial charge in [0, 0.05) is 6.42 Å². The van der Waals surface area contributed by atoms with E-state index in [-0.39, 0.29) is 11.6 Å². The zero-order chi connectivity index (χ0) is 16.7. The fraction of sp³-hybridized carbons (Fsp3) is 0.308. The molecule has 0 aliphatic heterocycles. The molecule has 0 atom stereocenters. The highest BCUT2D eigenvalue weighted by molar-refractivity contribution is 7.89. The standard InChI is InChI=1S/C13H17N5O3S2/c1-2-6-11-17-18-13(22-11)16-12(19)14-9-15-23(20,21)10-7-4-3-5-8-10/h3-5,7-8,15H,2,6,9H2,1H3,(H2,14,16,18,19). The molecule has 0 fully saturated rings. The van der Waals surface area contributed by atoms with Gasteiger partial charge in [0.05, 0.1) is 11.6 Å². The fourth-order valence-electron chi connectivity index (χ4n) is 1.65. The Balaban J connectivity index is 1.80. The van der Waals surface area contributed by atoms with Gasteiger partial charge in [-0.1, -0.05) is 36.5 Å². The molecular weight excluding hydrogens is 338 g/mol. The summed E-state index contributed by atoms with van der Waals surface area (Å²) in [5.41, 5.74) is 0. The summed E-state index contributed by atoms with van der Waals surface area (Å²) in [4.78, 5) is 11.8. The minimum absolute atomic E-state index is 0.135. The highest BCUT2D eigenvalue weighted by Gasteiger charge is 2.13. The molecule has 0 spiro atoms. The number of carbonyl (C=O) groups is 1. The summed E-state index contributed by atoms with van der Waals surface area (Å²) in [7, 11) is -3.65. The van der Waals surface area contributed by atoms with Crippen molar-refractivity contribution in [2.75, 3.05) is 12.0 Å². The summed E-state index contributed by atoms with van der Waals surface area (Å²) in [6.07, 6.45) is 1.75. The molecule has 0 radical (unpaired) electrons. The summed E-state index contributed by atoms with van der Waals surface area (Å²) in [5, 5.41) is 13.9. The Morgan fingerprint density at radius 3 is 2.65 bits per heavy atom. The Hall–Kier alpha value is -2.04. The second-order valence-electron chi connectivity index (χ2n) is 4.52. The minimum Gasteiger partial charge on any atom is -0.324 e. The highest BCUT2D eigenvalue weighted by atomic mass is 32.2. The van der Waals surface area contributed by atoms with Crippen molar-refractivity contribution in [3.63, 3.8) is 0 Å². The van der Waals surface area contributed by atoms with E-state index in [0.29, 0.717) is 5.13 Å². The van der Waals surface area contributed by atoms with E-state index in [1.165, 1.54) is 23.5 Å². The van der Waals surface area contributed by atoms with E-state index in [0.717, 1.165) is 17.8 Å². The predicted molar refractivity (Wildman–Crippen MR) is 87.7 cm³/mol. The summed E-state index contributed by atoms with van der Waals surface area (Å²) in [5.74, 6) is 0. The lowest BCUT2D eigenvalue weighted by Crippen LogP contribution is -2.39. The Morgan fingerprint density at radius 1 is 1.22 bits per heavy atom. The Kier molecular flexibility index (Phi) is 6.02. The average Bonchev–Trinajstić information content (AvgIpc) is 2.95. The maximum absolute atomic E-state index is 11.9. The normalized spacial score (nSPS) is 11.2. The van der Waals surface area contributed by atoms with Crippen LogP contribution in [0.2, 0.25) is 0 Å². The fourth-order valence-corrected chi connectivity index (χ4v) is 3.44. The van der Waals surface area contributed by atoms with Crippen LogP contribution in [0.25, 0.3) is 0 Å². The van der Waals surface area contributed by atoms with Gasteiger partial charge in [-0.2, -0.15) is 4.72 Å². The molecule has 1 aromatic carbocycles. The molecule has 0 aliphatic carbocycles. The van der Waals surface area contributed by atoms with E-state index in [9.17, 15) is 13.2 Å². The molecular formula is C13H17N5O3S2. The van der Waals surface area contributed by atoms with E-state index in [2.05, 4.69) is 25.6 Å². The number of nitrogens with one attached hydrogen (secondary N) is 3. The number of benzene rings is 1. The third-order valence-electron chi connectivity index (χ3n) is 2.72. The van der Waals surface area contributed by atoms with Gasteiger partial charge in [0.1, 0.15) is 5.01 Å². The first-order valence-corrected chi connectivity index (χ1v) is 9.23. The lowest BCUT2D eigenvalue weighted by molar-refractivity contribution is 0.252. The monoisotopic (exact) mass is 355 g/mol. The summed E-state index contributed by atoms with van der Waals surface area (Å²) < 4.78 is 26.2. The van der Waals surface area contributed by atoms with Crippen LogP contribution in [0, 0.1) is 0 Å². The molecule has 10 heteroatoms. The van der Waals surface area contributed by atoms with Crippen LogP contribution in [0.3, 0.4) is 0 Å². The molecule has 0 saturated carbocycles. The van der Waals surface area contributed by atoms with Crippen molar-refractivity contribution in [3.8, 4) is 0 Å². The molecule has 2 aromatic rings. The molecule has 124 valence electrons. The Morgan fingerprint density at radius 2 is 1.96 bits per heavy atom. The summed E-state index contributed by atoms with van der Waals surface area (Å²) in [6, 6.07) is 7.35. The molecule has 2 amide bonds. The minimum atomic E-state index is -3.65. The van der Waals surface area contributed by atoms with Crippen molar-refractivity contribution in [2.45, 2.75) is 24.7 Å². The van der Waals surface area contributed by atoms with Crippen LogP contribution < -0.4 is 15.4 Å². The Labute approximate surface area is 138 Å². The number of sulfonamides is 1. The van der Waals surface area contributed by atoms with E-state index in [1.807, 2.05) is 6.92 Å². The summed E-state index contributed by atoms with van der Waals surface area (Å²) >= 11 is 1.29. The molecule has 2 rings (SSSR count). The number of urea groups is 1. The van der Waals surface area contributed by atoms with Gasteiger partial charge in [-0.25, -0.2) is 13.2 Å². The van der Waals surface area contributed by atoms with Crippen molar-refractivity contribution < 1.29 is 13.2 Å². The number of hydrogen-bond donors (Lipinski definition) is 3. The number of carbonyl (C=O) groups excluding carboxylic acids is 1. The van der Waals surface area contributed by atoms with E-state index >= 15 is 0 Å². The van der Waals surface area contributed by atoms with Crippen LogP contribution in [0.5, 0.6) is 0 Å². The number of aryl methyl sites for hydroxylation is 1. The van der Waals surface area contributed by atoms with Gasteiger partial charge < -0.3 is 5.32 Å². The largest absolute Gasteiger partial charge is 0.324 e. The van der Waals surface area contributed by atoms with Gasteiger partial charge in [0.15, 0.2) is 0 Å². The van der Waals surface area contributed by atoms with Crippen molar-refractivity contribution in [2.24, 2.45) is 0 Å². The van der Waals surface area contributed by atoms with E-state index in [4.69, 9.17) is 0 Å². The van der Waals surface area contributed by atoms with Crippen LogP contribution >= 0.6 is 11.3 Å². The lowest BCUT2D eigenvalue weighted by atomic mass is 10.4. The smallest absolute Gasteiger partial charge is 0.322 e. The number of rotatable bonds is 7. The van der Waals surface area contributed by atoms with Crippen molar-refractivity contribution in [1.29, 1.82) is 0 Å². The van der Waals surface area contributed by atoms with Crippen molar-refractivity contribution >= 4 is 32.5 Å².